The maximum Gasteiger partial charge on any atom is 0.324 e. The second-order valence-electron chi connectivity index (χ2n) is 6.19. The van der Waals surface area contributed by atoms with Crippen LogP contribution in [-0.4, -0.2) is 34.4 Å². The first kappa shape index (κ1) is 20.1. The zero-order valence-electron chi connectivity index (χ0n) is 15.9. The number of fused-ring (bicyclic) bond motifs is 1. The van der Waals surface area contributed by atoms with Gasteiger partial charge in [-0.2, -0.15) is 0 Å². The number of hydrogen-bond acceptors (Lipinski definition) is 7. The van der Waals surface area contributed by atoms with Gasteiger partial charge in [-0.3, -0.25) is 25.1 Å². The van der Waals surface area contributed by atoms with E-state index < -0.39 is 22.8 Å². The number of hydrogen-bond donors (Lipinski definition) is 3. The van der Waals surface area contributed by atoms with Crippen LogP contribution >= 0.6 is 0 Å². The van der Waals surface area contributed by atoms with Crippen LogP contribution in [0.15, 0.2) is 40.8 Å². The van der Waals surface area contributed by atoms with Gasteiger partial charge in [0.2, 0.25) is 0 Å². The molecular weight excluding hydrogens is 380 g/mol. The lowest BCUT2D eigenvalue weighted by molar-refractivity contribution is -0.384. The maximum absolute atomic E-state index is 12.3. The van der Waals surface area contributed by atoms with Crippen molar-refractivity contribution in [2.24, 2.45) is 0 Å². The minimum Gasteiger partial charge on any atom is -0.465 e. The van der Waals surface area contributed by atoms with Crippen molar-refractivity contribution in [1.82, 2.24) is 15.8 Å². The molecule has 1 aromatic carbocycles. The summed E-state index contributed by atoms with van der Waals surface area (Å²) < 4.78 is 10.7. The number of rotatable bonds is 8. The molecule has 1 unspecified atom stereocenters. The van der Waals surface area contributed by atoms with Crippen LogP contribution in [0.1, 0.15) is 30.8 Å². The fraction of sp³-hybridized carbons (Fsp3) is 0.263. The number of carbonyl (C=O) groups excluding carboxylic acids is 2. The van der Waals surface area contributed by atoms with Crippen LogP contribution in [0, 0.1) is 10.1 Å². The van der Waals surface area contributed by atoms with Crippen molar-refractivity contribution < 1.29 is 23.7 Å². The summed E-state index contributed by atoms with van der Waals surface area (Å²) in [5.41, 5.74) is 7.11. The third-order valence-electron chi connectivity index (χ3n) is 4.25. The van der Waals surface area contributed by atoms with Gasteiger partial charge in [0, 0.05) is 29.8 Å². The first-order valence-corrected chi connectivity index (χ1v) is 9.02. The highest BCUT2D eigenvalue weighted by atomic mass is 16.6. The summed E-state index contributed by atoms with van der Waals surface area (Å²) in [7, 11) is 0. The van der Waals surface area contributed by atoms with Gasteiger partial charge in [0.15, 0.2) is 5.58 Å². The van der Waals surface area contributed by atoms with Crippen molar-refractivity contribution in [2.45, 2.75) is 26.3 Å². The second kappa shape index (κ2) is 8.57. The minimum atomic E-state index is -0.648. The van der Waals surface area contributed by atoms with Gasteiger partial charge in [-0.25, -0.2) is 5.43 Å². The van der Waals surface area contributed by atoms with Crippen molar-refractivity contribution >= 4 is 28.7 Å². The third-order valence-corrected chi connectivity index (χ3v) is 4.25. The van der Waals surface area contributed by atoms with Crippen LogP contribution in [0.25, 0.3) is 22.4 Å². The van der Waals surface area contributed by atoms with Crippen molar-refractivity contribution in [1.29, 1.82) is 0 Å². The molecule has 1 atom stereocenters. The highest BCUT2D eigenvalue weighted by Crippen LogP contribution is 2.29. The summed E-state index contributed by atoms with van der Waals surface area (Å²) in [5.74, 6) is -0.390. The smallest absolute Gasteiger partial charge is 0.324 e. The van der Waals surface area contributed by atoms with Crippen LogP contribution in [0.5, 0.6) is 0 Å². The highest BCUT2D eigenvalue weighted by Gasteiger charge is 2.20. The van der Waals surface area contributed by atoms with Crippen LogP contribution in [0.4, 0.5) is 5.69 Å². The number of H-pyrrole nitrogens is 1. The topological polar surface area (TPSA) is 140 Å². The van der Waals surface area contributed by atoms with E-state index in [2.05, 4.69) is 15.8 Å². The van der Waals surface area contributed by atoms with Gasteiger partial charge in [0.05, 0.1) is 17.0 Å². The normalized spacial score (nSPS) is 11.9. The number of ether oxygens (including phenoxy) is 1. The van der Waals surface area contributed by atoms with Crippen LogP contribution in [0.3, 0.4) is 0 Å². The molecule has 0 aliphatic rings. The fourth-order valence-electron chi connectivity index (χ4n) is 2.72. The SMILES string of the molecule is CCOC(=O)C(CC)NNC(=O)c1cc2oc(-c3ccc([N+](=O)[O-])cc3)cc2[nH]1. The van der Waals surface area contributed by atoms with Crippen LogP contribution in [0.2, 0.25) is 0 Å². The van der Waals surface area contributed by atoms with Crippen LogP contribution in [-0.2, 0) is 9.53 Å². The summed E-state index contributed by atoms with van der Waals surface area (Å²) in [5, 5.41) is 10.7. The van der Waals surface area contributed by atoms with Gasteiger partial charge in [-0.05, 0) is 25.5 Å². The van der Waals surface area contributed by atoms with Crippen molar-refractivity contribution in [3.05, 3.63) is 52.2 Å². The van der Waals surface area contributed by atoms with Gasteiger partial charge in [-0.15, -0.1) is 0 Å². The quantitative estimate of drug-likeness (QED) is 0.300. The largest absolute Gasteiger partial charge is 0.465 e. The molecule has 152 valence electrons. The molecule has 3 aromatic rings. The molecule has 0 spiro atoms. The summed E-state index contributed by atoms with van der Waals surface area (Å²) >= 11 is 0. The molecule has 0 aliphatic carbocycles. The first-order chi connectivity index (χ1) is 13.9. The molecule has 1 amide bonds. The summed E-state index contributed by atoms with van der Waals surface area (Å²) in [6, 6.07) is 8.56. The number of benzene rings is 1. The zero-order chi connectivity index (χ0) is 21.0. The van der Waals surface area contributed by atoms with E-state index in [-0.39, 0.29) is 18.0 Å². The van der Waals surface area contributed by atoms with Gasteiger partial charge in [0.1, 0.15) is 17.5 Å². The molecule has 10 nitrogen and oxygen atoms in total. The van der Waals surface area contributed by atoms with Gasteiger partial charge < -0.3 is 14.1 Å². The van der Waals surface area contributed by atoms with Gasteiger partial charge in [-0.1, -0.05) is 6.92 Å². The minimum absolute atomic E-state index is 0.00877. The van der Waals surface area contributed by atoms with E-state index in [0.29, 0.717) is 28.8 Å². The van der Waals surface area contributed by atoms with E-state index in [4.69, 9.17) is 9.15 Å². The highest BCUT2D eigenvalue weighted by molar-refractivity contribution is 5.97. The molecule has 0 saturated heterocycles. The Bertz CT molecular complexity index is 1010. The molecule has 0 radical (unpaired) electrons. The van der Waals surface area contributed by atoms with E-state index in [1.807, 2.05) is 0 Å². The van der Waals surface area contributed by atoms with Crippen molar-refractivity contribution in [3.63, 3.8) is 0 Å². The van der Waals surface area contributed by atoms with E-state index in [1.54, 1.807) is 32.0 Å². The number of aromatic nitrogens is 1. The first-order valence-electron chi connectivity index (χ1n) is 9.02. The molecule has 0 aliphatic heterocycles. The average Bonchev–Trinajstić information content (AvgIpc) is 3.28. The number of aromatic amines is 1. The van der Waals surface area contributed by atoms with Gasteiger partial charge >= 0.3 is 5.97 Å². The Hall–Kier alpha value is -3.66. The molecule has 2 heterocycles. The standard InChI is InChI=1S/C19H20N4O6/c1-3-13(19(25)28-4-2)21-22-18(24)15-10-17-14(20-15)9-16(29-17)11-5-7-12(8-6-11)23(26)27/h5-10,13,20-21H,3-4H2,1-2H3,(H,22,24). The maximum atomic E-state index is 12.3. The number of nitrogens with one attached hydrogen (secondary N) is 3. The Kier molecular flexibility index (Phi) is 5.93. The number of non-ortho nitro benzene ring substituents is 1. The summed E-state index contributed by atoms with van der Waals surface area (Å²) in [6.45, 7) is 3.76. The third kappa shape index (κ3) is 4.43. The molecule has 10 heteroatoms. The number of esters is 1. The summed E-state index contributed by atoms with van der Waals surface area (Å²) in [4.78, 5) is 37.3. The monoisotopic (exact) mass is 400 g/mol. The Labute approximate surface area is 165 Å². The molecule has 0 bridgehead atoms. The number of nitro benzene ring substituents is 1. The van der Waals surface area contributed by atoms with E-state index >= 15 is 0 Å². The lowest BCUT2D eigenvalue weighted by atomic mass is 10.1. The zero-order valence-corrected chi connectivity index (χ0v) is 15.9. The van der Waals surface area contributed by atoms with E-state index in [1.165, 1.54) is 18.2 Å². The molecule has 3 rings (SSSR count). The number of hydrazine groups is 1. The Balaban J connectivity index is 1.69. The molecule has 29 heavy (non-hydrogen) atoms. The molecule has 0 fully saturated rings. The second-order valence-corrected chi connectivity index (χ2v) is 6.19. The Morgan fingerprint density at radius 2 is 1.97 bits per heavy atom. The van der Waals surface area contributed by atoms with Crippen molar-refractivity contribution in [2.75, 3.05) is 6.61 Å². The van der Waals surface area contributed by atoms with Crippen molar-refractivity contribution in [3.8, 4) is 11.3 Å². The average molecular weight is 400 g/mol. The molecule has 3 N–H and O–H groups in total. The Morgan fingerprint density at radius 1 is 1.24 bits per heavy atom. The molecule has 0 saturated carbocycles. The lowest BCUT2D eigenvalue weighted by Gasteiger charge is -2.15. The predicted molar refractivity (Wildman–Crippen MR) is 104 cm³/mol. The number of nitrogens with zero attached hydrogens (tertiary/aromatic N) is 1. The molecule has 2 aromatic heterocycles. The summed E-state index contributed by atoms with van der Waals surface area (Å²) in [6.07, 6.45) is 0.449. The number of furan rings is 1. The molecular formula is C19H20N4O6. The number of carbonyl (C=O) groups is 2. The van der Waals surface area contributed by atoms with E-state index in [9.17, 15) is 19.7 Å². The Morgan fingerprint density at radius 3 is 2.55 bits per heavy atom. The number of nitro groups is 1. The van der Waals surface area contributed by atoms with E-state index in [0.717, 1.165) is 0 Å². The lowest BCUT2D eigenvalue weighted by Crippen LogP contribution is -2.48. The fourth-order valence-corrected chi connectivity index (χ4v) is 2.72. The predicted octanol–water partition coefficient (Wildman–Crippen LogP) is 2.91. The van der Waals surface area contributed by atoms with Gasteiger partial charge in [0.25, 0.3) is 11.6 Å². The van der Waals surface area contributed by atoms with Crippen LogP contribution < -0.4 is 10.9 Å². The number of amides is 1.